The van der Waals surface area contributed by atoms with Gasteiger partial charge in [-0.3, -0.25) is 0 Å². The van der Waals surface area contributed by atoms with Crippen molar-refractivity contribution in [3.05, 3.63) is 0 Å². The number of nitrogens with two attached hydrogens (primary N) is 1. The van der Waals surface area contributed by atoms with Crippen LogP contribution in [0, 0.1) is 0 Å². The molecule has 0 spiro atoms. The van der Waals surface area contributed by atoms with E-state index in [1.54, 1.807) is 7.11 Å². The molecular formula is C8H18N2O. The first-order chi connectivity index (χ1) is 5.27. The molecule has 1 fully saturated rings. The summed E-state index contributed by atoms with van der Waals surface area (Å²) >= 11 is 0. The molecule has 0 radical (unpaired) electrons. The highest BCUT2D eigenvalue weighted by molar-refractivity contribution is 4.82. The van der Waals surface area contributed by atoms with E-state index in [9.17, 15) is 0 Å². The van der Waals surface area contributed by atoms with Crippen LogP contribution in [0.1, 0.15) is 13.3 Å². The number of rotatable bonds is 2. The average Bonchev–Trinajstić information content (AvgIpc) is 2.05. The molecule has 2 atom stereocenters. The smallest absolute Gasteiger partial charge is 0.0849 e. The van der Waals surface area contributed by atoms with Gasteiger partial charge in [0.05, 0.1) is 6.10 Å². The van der Waals surface area contributed by atoms with Gasteiger partial charge >= 0.3 is 0 Å². The van der Waals surface area contributed by atoms with Gasteiger partial charge in [0.2, 0.25) is 0 Å². The lowest BCUT2D eigenvalue weighted by Crippen LogP contribution is -2.51. The molecule has 1 heterocycles. The summed E-state index contributed by atoms with van der Waals surface area (Å²) in [6, 6.07) is 0.239. The van der Waals surface area contributed by atoms with Gasteiger partial charge in [0, 0.05) is 19.7 Å². The second-order valence-corrected chi connectivity index (χ2v) is 3.12. The van der Waals surface area contributed by atoms with Crippen molar-refractivity contribution in [2.45, 2.75) is 25.5 Å². The predicted octanol–water partition coefficient (Wildman–Crippen LogP) is 0.0543. The van der Waals surface area contributed by atoms with E-state index in [0.29, 0.717) is 0 Å². The molecule has 0 aromatic carbocycles. The molecule has 0 bridgehead atoms. The van der Waals surface area contributed by atoms with Crippen molar-refractivity contribution in [2.24, 2.45) is 5.73 Å². The summed E-state index contributed by atoms with van der Waals surface area (Å²) in [6.45, 7) is 5.39. The van der Waals surface area contributed by atoms with Crippen molar-refractivity contribution >= 4 is 0 Å². The maximum absolute atomic E-state index is 5.85. The van der Waals surface area contributed by atoms with Crippen LogP contribution >= 0.6 is 0 Å². The maximum atomic E-state index is 5.85. The molecule has 0 aromatic rings. The average molecular weight is 158 g/mol. The lowest BCUT2D eigenvalue weighted by Gasteiger charge is -2.35. The van der Waals surface area contributed by atoms with E-state index >= 15 is 0 Å². The zero-order valence-electron chi connectivity index (χ0n) is 7.42. The van der Waals surface area contributed by atoms with E-state index in [4.69, 9.17) is 10.5 Å². The minimum absolute atomic E-state index is 0.239. The number of hydrogen-bond donors (Lipinski definition) is 1. The molecule has 0 saturated carbocycles. The Balaban J connectivity index is 2.37. The van der Waals surface area contributed by atoms with Gasteiger partial charge in [0.1, 0.15) is 0 Å². The van der Waals surface area contributed by atoms with Crippen LogP contribution < -0.4 is 5.73 Å². The molecule has 3 nitrogen and oxygen atoms in total. The third kappa shape index (κ3) is 2.15. The fraction of sp³-hybridized carbons (Fsp3) is 1.00. The summed E-state index contributed by atoms with van der Waals surface area (Å²) in [7, 11) is 1.74. The van der Waals surface area contributed by atoms with Gasteiger partial charge in [0.25, 0.3) is 0 Å². The van der Waals surface area contributed by atoms with Crippen molar-refractivity contribution < 1.29 is 4.74 Å². The molecule has 0 unspecified atom stereocenters. The maximum Gasteiger partial charge on any atom is 0.0849 e. The number of nitrogens with zero attached hydrogens (tertiary/aromatic N) is 1. The highest BCUT2D eigenvalue weighted by atomic mass is 16.5. The van der Waals surface area contributed by atoms with Crippen molar-refractivity contribution in [1.29, 1.82) is 0 Å². The molecule has 11 heavy (non-hydrogen) atoms. The topological polar surface area (TPSA) is 38.5 Å². The molecule has 0 aliphatic carbocycles. The van der Waals surface area contributed by atoms with Crippen LogP contribution in [0.4, 0.5) is 0 Å². The normalized spacial score (nSPS) is 34.1. The van der Waals surface area contributed by atoms with Crippen LogP contribution in [0.2, 0.25) is 0 Å². The van der Waals surface area contributed by atoms with Crippen LogP contribution in [0.5, 0.6) is 0 Å². The Kier molecular flexibility index (Phi) is 3.30. The summed E-state index contributed by atoms with van der Waals surface area (Å²) in [5.74, 6) is 0. The van der Waals surface area contributed by atoms with Crippen LogP contribution in [-0.4, -0.2) is 43.8 Å². The van der Waals surface area contributed by atoms with Crippen molar-refractivity contribution in [3.63, 3.8) is 0 Å². The first kappa shape index (κ1) is 8.97. The van der Waals surface area contributed by atoms with Crippen LogP contribution in [0.3, 0.4) is 0 Å². The first-order valence-electron chi connectivity index (χ1n) is 4.28. The Morgan fingerprint density at radius 2 is 2.36 bits per heavy atom. The number of piperidine rings is 1. The van der Waals surface area contributed by atoms with Gasteiger partial charge in [-0.15, -0.1) is 0 Å². The molecule has 0 aromatic heterocycles. The van der Waals surface area contributed by atoms with E-state index in [2.05, 4.69) is 11.8 Å². The molecular weight excluding hydrogens is 140 g/mol. The Morgan fingerprint density at radius 3 is 2.91 bits per heavy atom. The van der Waals surface area contributed by atoms with E-state index < -0.39 is 0 Å². The molecule has 1 aliphatic rings. The predicted molar refractivity (Wildman–Crippen MR) is 45.5 cm³/mol. The number of methoxy groups -OCH3 is 1. The van der Waals surface area contributed by atoms with Gasteiger partial charge in [0.15, 0.2) is 0 Å². The third-order valence-electron chi connectivity index (χ3n) is 2.44. The van der Waals surface area contributed by atoms with E-state index in [1.165, 1.54) is 0 Å². The van der Waals surface area contributed by atoms with Gasteiger partial charge in [-0.25, -0.2) is 0 Å². The number of hydrogen-bond acceptors (Lipinski definition) is 3. The van der Waals surface area contributed by atoms with Gasteiger partial charge in [-0.1, -0.05) is 6.92 Å². The zero-order chi connectivity index (χ0) is 8.27. The monoisotopic (exact) mass is 158 g/mol. The number of likely N-dealkylation sites (N-methyl/N-ethyl adjacent to an activating group) is 1. The quantitative estimate of drug-likeness (QED) is 0.617. The summed E-state index contributed by atoms with van der Waals surface area (Å²) < 4.78 is 5.27. The molecule has 3 heteroatoms. The van der Waals surface area contributed by atoms with E-state index in [0.717, 1.165) is 26.1 Å². The second kappa shape index (κ2) is 4.04. The molecule has 0 amide bonds. The summed E-state index contributed by atoms with van der Waals surface area (Å²) in [4.78, 5) is 2.37. The number of ether oxygens (including phenoxy) is 1. The molecule has 66 valence electrons. The lowest BCUT2D eigenvalue weighted by molar-refractivity contribution is 0.0186. The standard InChI is InChI=1S/C8H18N2O/c1-3-10-5-4-7(9)8(6-10)11-2/h7-8H,3-6,9H2,1-2H3/t7-,8+/m1/s1. The summed E-state index contributed by atoms with van der Waals surface area (Å²) in [5.41, 5.74) is 5.85. The number of likely N-dealkylation sites (tertiary alicyclic amines) is 1. The summed E-state index contributed by atoms with van der Waals surface area (Å²) in [5, 5.41) is 0. The van der Waals surface area contributed by atoms with E-state index in [-0.39, 0.29) is 12.1 Å². The van der Waals surface area contributed by atoms with Crippen LogP contribution in [-0.2, 0) is 4.74 Å². The zero-order valence-corrected chi connectivity index (χ0v) is 7.42. The van der Waals surface area contributed by atoms with Gasteiger partial charge in [-0.05, 0) is 19.5 Å². The molecule has 1 rings (SSSR count). The largest absolute Gasteiger partial charge is 0.379 e. The SMILES string of the molecule is CCN1CC[C@@H](N)[C@@H](OC)C1. The first-order valence-corrected chi connectivity index (χ1v) is 4.28. The summed E-state index contributed by atoms with van der Waals surface area (Å²) in [6.07, 6.45) is 1.30. The van der Waals surface area contributed by atoms with Crippen molar-refractivity contribution in [3.8, 4) is 0 Å². The van der Waals surface area contributed by atoms with Gasteiger partial charge in [-0.2, -0.15) is 0 Å². The highest BCUT2D eigenvalue weighted by Gasteiger charge is 2.24. The minimum atomic E-state index is 0.239. The molecule has 1 saturated heterocycles. The fourth-order valence-corrected chi connectivity index (χ4v) is 1.54. The molecule has 1 aliphatic heterocycles. The minimum Gasteiger partial charge on any atom is -0.379 e. The third-order valence-corrected chi connectivity index (χ3v) is 2.44. The highest BCUT2D eigenvalue weighted by Crippen LogP contribution is 2.10. The Labute approximate surface area is 68.5 Å². The Morgan fingerprint density at radius 1 is 1.64 bits per heavy atom. The van der Waals surface area contributed by atoms with Crippen LogP contribution in [0.15, 0.2) is 0 Å². The van der Waals surface area contributed by atoms with Crippen molar-refractivity contribution in [2.75, 3.05) is 26.7 Å². The van der Waals surface area contributed by atoms with E-state index in [1.807, 2.05) is 0 Å². The lowest BCUT2D eigenvalue weighted by atomic mass is 10.0. The van der Waals surface area contributed by atoms with Crippen LogP contribution in [0.25, 0.3) is 0 Å². The molecule has 2 N–H and O–H groups in total. The Bertz CT molecular complexity index is 119. The second-order valence-electron chi connectivity index (χ2n) is 3.12. The fourth-order valence-electron chi connectivity index (χ4n) is 1.54. The Hall–Kier alpha value is -0.120. The van der Waals surface area contributed by atoms with Crippen molar-refractivity contribution in [1.82, 2.24) is 4.90 Å². The van der Waals surface area contributed by atoms with Gasteiger partial charge < -0.3 is 15.4 Å².